The van der Waals surface area contributed by atoms with E-state index in [1.165, 1.54) is 5.01 Å². The van der Waals surface area contributed by atoms with Crippen molar-refractivity contribution in [3.63, 3.8) is 0 Å². The van der Waals surface area contributed by atoms with E-state index in [-0.39, 0.29) is 17.0 Å². The molecule has 0 aromatic rings. The zero-order valence-corrected chi connectivity index (χ0v) is 11.8. The Morgan fingerprint density at radius 2 is 1.71 bits per heavy atom. The molecule has 0 bridgehead atoms. The average Bonchev–Trinajstić information content (AvgIpc) is 2.37. The lowest BCUT2D eigenvalue weighted by Crippen LogP contribution is -2.42. The number of carbonyl (C=O) groups is 1. The molecule has 0 aromatic heterocycles. The van der Waals surface area contributed by atoms with E-state index in [1.54, 1.807) is 0 Å². The fourth-order valence-electron chi connectivity index (χ4n) is 1.40. The molecule has 1 unspecified atom stereocenters. The number of hydrazone groups is 1. The molecule has 5 nitrogen and oxygen atoms in total. The third kappa shape index (κ3) is 3.35. The molecule has 1 aliphatic heterocycles. The van der Waals surface area contributed by atoms with Crippen molar-refractivity contribution in [1.82, 2.24) is 5.01 Å². The average molecular weight is 238 g/mol. The van der Waals surface area contributed by atoms with Gasteiger partial charge in [-0.1, -0.05) is 0 Å². The van der Waals surface area contributed by atoms with E-state index in [2.05, 4.69) is 15.3 Å². The van der Waals surface area contributed by atoms with Crippen LogP contribution in [-0.4, -0.2) is 33.7 Å². The Morgan fingerprint density at radius 1 is 1.18 bits per heavy atom. The zero-order chi connectivity index (χ0) is 13.4. The summed E-state index contributed by atoms with van der Waals surface area (Å²) in [6, 6.07) is -0.548. The van der Waals surface area contributed by atoms with E-state index < -0.39 is 6.04 Å². The van der Waals surface area contributed by atoms with Gasteiger partial charge < -0.3 is 0 Å². The maximum Gasteiger partial charge on any atom is 0.275 e. The molecule has 0 aromatic carbocycles. The van der Waals surface area contributed by atoms with Crippen molar-refractivity contribution >= 4 is 11.6 Å². The van der Waals surface area contributed by atoms with Crippen molar-refractivity contribution in [1.29, 1.82) is 0 Å². The van der Waals surface area contributed by atoms with Crippen molar-refractivity contribution in [2.75, 3.05) is 0 Å². The van der Waals surface area contributed by atoms with Gasteiger partial charge in [0.1, 0.15) is 0 Å². The first-order valence-electron chi connectivity index (χ1n) is 5.83. The number of hydrogen-bond donors (Lipinski definition) is 0. The molecule has 0 fully saturated rings. The normalized spacial score (nSPS) is 22.5. The van der Waals surface area contributed by atoms with Crippen LogP contribution in [0.1, 0.15) is 48.5 Å². The Labute approximate surface area is 103 Å². The number of hydrogen-bond acceptors (Lipinski definition) is 4. The van der Waals surface area contributed by atoms with Crippen LogP contribution in [0.4, 0.5) is 0 Å². The second-order valence-corrected chi connectivity index (χ2v) is 6.35. The van der Waals surface area contributed by atoms with Gasteiger partial charge in [0.2, 0.25) is 0 Å². The first kappa shape index (κ1) is 13.8. The van der Waals surface area contributed by atoms with E-state index in [0.717, 1.165) is 0 Å². The van der Waals surface area contributed by atoms with Gasteiger partial charge in [0.05, 0.1) is 16.8 Å². The summed E-state index contributed by atoms with van der Waals surface area (Å²) < 4.78 is 0. The summed E-state index contributed by atoms with van der Waals surface area (Å²) in [7, 11) is 0. The molecule has 0 spiro atoms. The number of rotatable bonds is 1. The number of nitrogens with zero attached hydrogens (tertiary/aromatic N) is 4. The van der Waals surface area contributed by atoms with E-state index >= 15 is 0 Å². The van der Waals surface area contributed by atoms with Crippen LogP contribution >= 0.6 is 0 Å². The quantitative estimate of drug-likeness (QED) is 0.648. The van der Waals surface area contributed by atoms with E-state index in [4.69, 9.17) is 0 Å². The van der Waals surface area contributed by atoms with Crippen molar-refractivity contribution in [2.24, 2.45) is 15.3 Å². The van der Waals surface area contributed by atoms with Crippen molar-refractivity contribution < 1.29 is 4.79 Å². The molecule has 96 valence electrons. The molecular formula is C12H22N4O. The molecule has 0 aliphatic carbocycles. The summed E-state index contributed by atoms with van der Waals surface area (Å²) in [6.45, 7) is 13.5. The maximum atomic E-state index is 12.1. The molecule has 0 saturated carbocycles. The van der Waals surface area contributed by atoms with Gasteiger partial charge in [0, 0.05) is 0 Å². The van der Waals surface area contributed by atoms with Crippen LogP contribution in [-0.2, 0) is 4.79 Å². The molecule has 1 atom stereocenters. The van der Waals surface area contributed by atoms with Gasteiger partial charge in [-0.3, -0.25) is 4.79 Å². The predicted octanol–water partition coefficient (Wildman–Crippen LogP) is 2.62. The Hall–Kier alpha value is -1.26. The first-order valence-corrected chi connectivity index (χ1v) is 5.83. The zero-order valence-electron chi connectivity index (χ0n) is 11.8. The lowest BCUT2D eigenvalue weighted by molar-refractivity contribution is -0.134. The summed E-state index contributed by atoms with van der Waals surface area (Å²) in [4.78, 5) is 12.1. The molecule has 1 amide bonds. The predicted molar refractivity (Wildman–Crippen MR) is 68.1 cm³/mol. The number of amides is 1. The summed E-state index contributed by atoms with van der Waals surface area (Å²) in [5, 5.41) is 14.0. The van der Waals surface area contributed by atoms with Gasteiger partial charge in [-0.15, -0.1) is 0 Å². The first-order chi connectivity index (χ1) is 7.52. The fraction of sp³-hybridized carbons (Fsp3) is 0.833. The van der Waals surface area contributed by atoms with Crippen LogP contribution in [0.25, 0.3) is 0 Å². The second-order valence-electron chi connectivity index (χ2n) is 6.35. The smallest absolute Gasteiger partial charge is 0.270 e. The summed E-state index contributed by atoms with van der Waals surface area (Å²) in [5.41, 5.74) is 0.123. The van der Waals surface area contributed by atoms with Crippen LogP contribution in [0.5, 0.6) is 0 Å². The SMILES string of the molecule is CC1=NN(C(C)(C)C)C(=O)C1/N=N/C(C)(C)C. The molecule has 5 heteroatoms. The molecule has 1 aliphatic rings. The highest BCUT2D eigenvalue weighted by Crippen LogP contribution is 2.23. The van der Waals surface area contributed by atoms with Gasteiger partial charge in [-0.2, -0.15) is 15.3 Å². The van der Waals surface area contributed by atoms with Crippen molar-refractivity contribution in [3.8, 4) is 0 Å². The van der Waals surface area contributed by atoms with E-state index in [0.29, 0.717) is 5.71 Å². The van der Waals surface area contributed by atoms with Crippen LogP contribution < -0.4 is 0 Å². The second kappa shape index (κ2) is 4.20. The minimum atomic E-state index is -0.548. The van der Waals surface area contributed by atoms with Crippen LogP contribution in [0, 0.1) is 0 Å². The highest BCUT2D eigenvalue weighted by Gasteiger charge is 2.39. The van der Waals surface area contributed by atoms with Crippen molar-refractivity contribution in [3.05, 3.63) is 0 Å². The van der Waals surface area contributed by atoms with E-state index in [1.807, 2.05) is 48.5 Å². The third-order valence-corrected chi connectivity index (χ3v) is 2.20. The summed E-state index contributed by atoms with van der Waals surface area (Å²) in [6.07, 6.45) is 0. The van der Waals surface area contributed by atoms with Gasteiger partial charge >= 0.3 is 0 Å². The van der Waals surface area contributed by atoms with Gasteiger partial charge in [-0.05, 0) is 48.5 Å². The molecule has 0 saturated heterocycles. The maximum absolute atomic E-state index is 12.1. The topological polar surface area (TPSA) is 57.4 Å². The van der Waals surface area contributed by atoms with Crippen LogP contribution in [0.2, 0.25) is 0 Å². The molecule has 17 heavy (non-hydrogen) atoms. The molecule has 0 radical (unpaired) electrons. The lowest BCUT2D eigenvalue weighted by Gasteiger charge is -2.28. The van der Waals surface area contributed by atoms with Crippen molar-refractivity contribution in [2.45, 2.75) is 65.6 Å². The highest BCUT2D eigenvalue weighted by molar-refractivity contribution is 6.11. The Morgan fingerprint density at radius 3 is 2.06 bits per heavy atom. The Bertz CT molecular complexity index is 371. The Balaban J connectivity index is 2.90. The molecule has 1 heterocycles. The lowest BCUT2D eigenvalue weighted by atomic mass is 10.1. The standard InChI is InChI=1S/C12H22N4O/c1-8-9(13-15-11(2,3)4)10(17)16(14-8)12(5,6)7/h9H,1-7H3/b15-13+. The number of carbonyl (C=O) groups excluding carboxylic acids is 1. The summed E-state index contributed by atoms with van der Waals surface area (Å²) in [5.74, 6) is -0.0944. The van der Waals surface area contributed by atoms with Gasteiger partial charge in [0.15, 0.2) is 6.04 Å². The molecule has 0 N–H and O–H groups in total. The molecular weight excluding hydrogens is 216 g/mol. The number of azo groups is 1. The minimum Gasteiger partial charge on any atom is -0.270 e. The Kier molecular flexibility index (Phi) is 3.41. The fourth-order valence-corrected chi connectivity index (χ4v) is 1.40. The van der Waals surface area contributed by atoms with E-state index in [9.17, 15) is 4.79 Å². The largest absolute Gasteiger partial charge is 0.275 e. The molecule has 1 rings (SSSR count). The minimum absolute atomic E-state index is 0.0944. The van der Waals surface area contributed by atoms with Gasteiger partial charge in [-0.25, -0.2) is 5.01 Å². The van der Waals surface area contributed by atoms with Crippen LogP contribution in [0.3, 0.4) is 0 Å². The third-order valence-electron chi connectivity index (χ3n) is 2.20. The highest BCUT2D eigenvalue weighted by atomic mass is 16.2. The summed E-state index contributed by atoms with van der Waals surface area (Å²) >= 11 is 0. The van der Waals surface area contributed by atoms with Crippen LogP contribution in [0.15, 0.2) is 15.3 Å². The van der Waals surface area contributed by atoms with Gasteiger partial charge in [0.25, 0.3) is 5.91 Å². The monoisotopic (exact) mass is 238 g/mol.